The SMILES string of the molecule is CCCN(CCO)c1ccc(/C(N)=N/O)cc1Br. The molecule has 0 aromatic heterocycles. The van der Waals surface area contributed by atoms with Gasteiger partial charge >= 0.3 is 0 Å². The molecular formula is C12H18BrN3O2. The van der Waals surface area contributed by atoms with Crippen LogP contribution in [0.5, 0.6) is 0 Å². The van der Waals surface area contributed by atoms with E-state index in [1.54, 1.807) is 12.1 Å². The second-order valence-electron chi connectivity index (χ2n) is 3.86. The van der Waals surface area contributed by atoms with E-state index in [-0.39, 0.29) is 12.4 Å². The number of aliphatic hydroxyl groups is 1. The number of halogens is 1. The van der Waals surface area contributed by atoms with Crippen molar-refractivity contribution in [2.45, 2.75) is 13.3 Å². The Morgan fingerprint density at radius 2 is 2.17 bits per heavy atom. The van der Waals surface area contributed by atoms with Gasteiger partial charge < -0.3 is 20.9 Å². The van der Waals surface area contributed by atoms with Crippen molar-refractivity contribution in [3.63, 3.8) is 0 Å². The third kappa shape index (κ3) is 3.61. The van der Waals surface area contributed by atoms with Gasteiger partial charge in [-0.3, -0.25) is 0 Å². The monoisotopic (exact) mass is 315 g/mol. The standard InChI is InChI=1S/C12H18BrN3O2/c1-2-5-16(6-7-17)11-4-3-9(8-10(11)13)12(14)15-18/h3-4,8,17-18H,2,5-7H2,1H3,(H2,14,15). The van der Waals surface area contributed by atoms with Gasteiger partial charge in [0.05, 0.1) is 12.3 Å². The Kier molecular flexibility index (Phi) is 5.94. The van der Waals surface area contributed by atoms with E-state index in [2.05, 4.69) is 32.9 Å². The highest BCUT2D eigenvalue weighted by Gasteiger charge is 2.10. The van der Waals surface area contributed by atoms with E-state index in [0.717, 1.165) is 23.1 Å². The Labute approximate surface area is 115 Å². The van der Waals surface area contributed by atoms with Crippen LogP contribution in [-0.2, 0) is 0 Å². The second-order valence-corrected chi connectivity index (χ2v) is 4.72. The molecule has 0 spiro atoms. The Morgan fingerprint density at radius 3 is 2.67 bits per heavy atom. The molecule has 0 fully saturated rings. The topological polar surface area (TPSA) is 82.1 Å². The zero-order valence-electron chi connectivity index (χ0n) is 10.3. The van der Waals surface area contributed by atoms with Gasteiger partial charge in [0.1, 0.15) is 0 Å². The summed E-state index contributed by atoms with van der Waals surface area (Å²) in [5.41, 5.74) is 7.17. The van der Waals surface area contributed by atoms with Gasteiger partial charge in [-0.25, -0.2) is 0 Å². The lowest BCUT2D eigenvalue weighted by molar-refractivity contribution is 0.302. The number of benzene rings is 1. The first kappa shape index (κ1) is 14.8. The Balaban J connectivity index is 3.02. The summed E-state index contributed by atoms with van der Waals surface area (Å²) < 4.78 is 0.855. The molecule has 0 bridgehead atoms. The quantitative estimate of drug-likeness (QED) is 0.323. The molecule has 0 amide bonds. The largest absolute Gasteiger partial charge is 0.409 e. The predicted octanol–water partition coefficient (Wildman–Crippen LogP) is 1.75. The molecule has 1 aromatic carbocycles. The zero-order chi connectivity index (χ0) is 13.5. The molecule has 18 heavy (non-hydrogen) atoms. The molecule has 0 atom stereocenters. The highest BCUT2D eigenvalue weighted by atomic mass is 79.9. The van der Waals surface area contributed by atoms with Crippen LogP contribution < -0.4 is 10.6 Å². The molecule has 0 saturated carbocycles. The molecule has 5 nitrogen and oxygen atoms in total. The van der Waals surface area contributed by atoms with E-state index >= 15 is 0 Å². The maximum Gasteiger partial charge on any atom is 0.170 e. The first-order valence-electron chi connectivity index (χ1n) is 5.77. The van der Waals surface area contributed by atoms with Gasteiger partial charge in [0.25, 0.3) is 0 Å². The van der Waals surface area contributed by atoms with Crippen molar-refractivity contribution in [1.82, 2.24) is 0 Å². The number of anilines is 1. The predicted molar refractivity (Wildman–Crippen MR) is 76.2 cm³/mol. The Hall–Kier alpha value is -1.27. The minimum absolute atomic E-state index is 0.0754. The van der Waals surface area contributed by atoms with Gasteiger partial charge in [-0.1, -0.05) is 12.1 Å². The number of aliphatic hydroxyl groups excluding tert-OH is 1. The average molecular weight is 316 g/mol. The molecule has 0 unspecified atom stereocenters. The summed E-state index contributed by atoms with van der Waals surface area (Å²) in [5, 5.41) is 20.7. The van der Waals surface area contributed by atoms with E-state index in [0.29, 0.717) is 12.1 Å². The van der Waals surface area contributed by atoms with Crippen molar-refractivity contribution >= 4 is 27.5 Å². The first-order chi connectivity index (χ1) is 8.63. The minimum Gasteiger partial charge on any atom is -0.409 e. The maximum atomic E-state index is 9.07. The van der Waals surface area contributed by atoms with Gasteiger partial charge in [0, 0.05) is 23.1 Å². The molecule has 0 aliphatic heterocycles. The van der Waals surface area contributed by atoms with E-state index in [1.165, 1.54) is 0 Å². The van der Waals surface area contributed by atoms with Crippen molar-refractivity contribution in [1.29, 1.82) is 0 Å². The minimum atomic E-state index is 0.0754. The fraction of sp³-hybridized carbons (Fsp3) is 0.417. The van der Waals surface area contributed by atoms with Gasteiger partial charge in [-0.15, -0.1) is 0 Å². The third-order valence-corrected chi connectivity index (χ3v) is 3.19. The highest BCUT2D eigenvalue weighted by Crippen LogP contribution is 2.27. The van der Waals surface area contributed by atoms with Crippen molar-refractivity contribution < 1.29 is 10.3 Å². The van der Waals surface area contributed by atoms with Crippen LogP contribution in [0.2, 0.25) is 0 Å². The fourth-order valence-electron chi connectivity index (χ4n) is 1.72. The number of nitrogens with zero attached hydrogens (tertiary/aromatic N) is 2. The Bertz CT molecular complexity index is 418. The van der Waals surface area contributed by atoms with Gasteiger partial charge in [0.15, 0.2) is 5.84 Å². The summed E-state index contributed by atoms with van der Waals surface area (Å²) in [6.45, 7) is 3.63. The van der Waals surface area contributed by atoms with Crippen molar-refractivity contribution in [2.75, 3.05) is 24.6 Å². The molecule has 100 valence electrons. The normalized spacial score (nSPS) is 11.6. The number of oxime groups is 1. The maximum absolute atomic E-state index is 9.07. The van der Waals surface area contributed by atoms with Crippen molar-refractivity contribution in [2.24, 2.45) is 10.9 Å². The number of amidine groups is 1. The molecule has 4 N–H and O–H groups in total. The lowest BCUT2D eigenvalue weighted by Gasteiger charge is -2.24. The fourth-order valence-corrected chi connectivity index (χ4v) is 2.35. The van der Waals surface area contributed by atoms with Crippen LogP contribution in [0, 0.1) is 0 Å². The van der Waals surface area contributed by atoms with E-state index in [9.17, 15) is 0 Å². The van der Waals surface area contributed by atoms with E-state index < -0.39 is 0 Å². The van der Waals surface area contributed by atoms with Crippen LogP contribution in [0.3, 0.4) is 0 Å². The molecule has 0 aliphatic carbocycles. The van der Waals surface area contributed by atoms with Crippen LogP contribution in [0.15, 0.2) is 27.8 Å². The molecule has 0 aliphatic rings. The Morgan fingerprint density at radius 1 is 1.44 bits per heavy atom. The number of nitrogens with two attached hydrogens (primary N) is 1. The second kappa shape index (κ2) is 7.23. The summed E-state index contributed by atoms with van der Waals surface area (Å²) in [4.78, 5) is 2.08. The van der Waals surface area contributed by atoms with Gasteiger partial charge in [-0.2, -0.15) is 0 Å². The van der Waals surface area contributed by atoms with Gasteiger partial charge in [0.2, 0.25) is 0 Å². The highest BCUT2D eigenvalue weighted by molar-refractivity contribution is 9.10. The molecule has 0 heterocycles. The molecule has 0 saturated heterocycles. The number of rotatable bonds is 6. The van der Waals surface area contributed by atoms with E-state index in [1.807, 2.05) is 6.07 Å². The van der Waals surface area contributed by atoms with Crippen molar-refractivity contribution in [3.8, 4) is 0 Å². The van der Waals surface area contributed by atoms with Crippen LogP contribution in [0.25, 0.3) is 0 Å². The lowest BCUT2D eigenvalue weighted by Crippen LogP contribution is -2.27. The molecule has 6 heteroatoms. The van der Waals surface area contributed by atoms with Crippen molar-refractivity contribution in [3.05, 3.63) is 28.2 Å². The third-order valence-electron chi connectivity index (χ3n) is 2.56. The van der Waals surface area contributed by atoms with E-state index in [4.69, 9.17) is 16.0 Å². The average Bonchev–Trinajstić information content (AvgIpc) is 2.37. The molecular weight excluding hydrogens is 298 g/mol. The summed E-state index contributed by atoms with van der Waals surface area (Å²) in [7, 11) is 0. The van der Waals surface area contributed by atoms with Crippen LogP contribution in [0.4, 0.5) is 5.69 Å². The zero-order valence-corrected chi connectivity index (χ0v) is 11.9. The number of hydrogen-bond donors (Lipinski definition) is 3. The summed E-state index contributed by atoms with van der Waals surface area (Å²) in [6.07, 6.45) is 0.994. The molecule has 1 aromatic rings. The molecule has 1 rings (SSSR count). The molecule has 0 radical (unpaired) electrons. The summed E-state index contributed by atoms with van der Waals surface area (Å²) in [5.74, 6) is 0.0754. The summed E-state index contributed by atoms with van der Waals surface area (Å²) in [6, 6.07) is 5.47. The smallest absolute Gasteiger partial charge is 0.170 e. The van der Waals surface area contributed by atoms with Crippen LogP contribution in [0.1, 0.15) is 18.9 Å². The van der Waals surface area contributed by atoms with Gasteiger partial charge in [-0.05, 0) is 40.5 Å². The lowest BCUT2D eigenvalue weighted by atomic mass is 10.1. The van der Waals surface area contributed by atoms with Crippen LogP contribution in [-0.4, -0.2) is 35.8 Å². The first-order valence-corrected chi connectivity index (χ1v) is 6.56. The van der Waals surface area contributed by atoms with Crippen LogP contribution >= 0.6 is 15.9 Å². The summed E-state index contributed by atoms with van der Waals surface area (Å²) >= 11 is 3.47. The number of hydrogen-bond acceptors (Lipinski definition) is 4.